The minimum Gasteiger partial charge on any atom is -0.376 e. The average molecular weight is 430 g/mol. The van der Waals surface area contributed by atoms with E-state index < -0.39 is 0 Å². The third kappa shape index (κ3) is 6.94. The Morgan fingerprint density at radius 3 is 2.77 bits per heavy atom. The van der Waals surface area contributed by atoms with Crippen molar-refractivity contribution in [1.29, 1.82) is 0 Å². The molecule has 172 valence electrons. The van der Waals surface area contributed by atoms with Crippen molar-refractivity contribution in [1.82, 2.24) is 20.0 Å². The molecule has 1 aromatic rings. The Labute approximate surface area is 187 Å². The van der Waals surface area contributed by atoms with Crippen molar-refractivity contribution in [3.63, 3.8) is 0 Å². The van der Waals surface area contributed by atoms with Crippen LogP contribution in [0.15, 0.2) is 35.3 Å². The third-order valence-electron chi connectivity index (χ3n) is 6.26. The highest BCUT2D eigenvalue weighted by atomic mass is 16.5. The molecule has 0 aliphatic carbocycles. The fraction of sp³-hybridized carbons (Fsp3) is 0.667. The van der Waals surface area contributed by atoms with Crippen LogP contribution in [0.2, 0.25) is 0 Å². The van der Waals surface area contributed by atoms with Gasteiger partial charge in [-0.25, -0.2) is 0 Å². The molecule has 2 saturated heterocycles. The molecule has 2 atom stereocenters. The number of benzene rings is 1. The first kappa shape index (κ1) is 23.5. The lowest BCUT2D eigenvalue weighted by Gasteiger charge is -2.26. The lowest BCUT2D eigenvalue weighted by molar-refractivity contribution is -0.133. The Bertz CT molecular complexity index is 709. The predicted molar refractivity (Wildman–Crippen MR) is 125 cm³/mol. The maximum absolute atomic E-state index is 12.3. The molecule has 2 fully saturated rings. The summed E-state index contributed by atoms with van der Waals surface area (Å²) in [6, 6.07) is 10.4. The zero-order valence-electron chi connectivity index (χ0n) is 19.4. The molecule has 31 heavy (non-hydrogen) atoms. The van der Waals surface area contributed by atoms with Gasteiger partial charge >= 0.3 is 0 Å². The van der Waals surface area contributed by atoms with Crippen LogP contribution in [0.25, 0.3) is 0 Å². The van der Waals surface area contributed by atoms with Crippen molar-refractivity contribution in [3.05, 3.63) is 35.9 Å². The summed E-state index contributed by atoms with van der Waals surface area (Å²) in [6.07, 6.45) is 4.24. The summed E-state index contributed by atoms with van der Waals surface area (Å²) in [5, 5.41) is 3.52. The van der Waals surface area contributed by atoms with E-state index in [1.165, 1.54) is 5.56 Å². The number of likely N-dealkylation sites (tertiary alicyclic amines) is 2. The van der Waals surface area contributed by atoms with Crippen LogP contribution in [0.5, 0.6) is 0 Å². The number of nitrogens with one attached hydrogen (secondary N) is 1. The summed E-state index contributed by atoms with van der Waals surface area (Å²) in [5.41, 5.74) is 1.22. The monoisotopic (exact) mass is 429 g/mol. The molecule has 1 N–H and O–H groups in total. The van der Waals surface area contributed by atoms with Gasteiger partial charge in [-0.05, 0) is 37.8 Å². The molecule has 3 rings (SSSR count). The number of carbonyl (C=O) groups is 1. The lowest BCUT2D eigenvalue weighted by Crippen LogP contribution is -2.44. The Morgan fingerprint density at radius 1 is 1.23 bits per heavy atom. The number of hydrogen-bond acceptors (Lipinski definition) is 4. The molecule has 0 saturated carbocycles. The van der Waals surface area contributed by atoms with Crippen molar-refractivity contribution >= 4 is 11.9 Å². The van der Waals surface area contributed by atoms with E-state index in [9.17, 15) is 4.79 Å². The molecule has 7 nitrogen and oxygen atoms in total. The highest BCUT2D eigenvalue weighted by Gasteiger charge is 2.31. The van der Waals surface area contributed by atoms with Crippen molar-refractivity contribution in [2.45, 2.75) is 38.3 Å². The summed E-state index contributed by atoms with van der Waals surface area (Å²) in [4.78, 5) is 23.2. The molecule has 0 spiro atoms. The Hall–Kier alpha value is -2.12. The van der Waals surface area contributed by atoms with Gasteiger partial charge in [0, 0.05) is 53.2 Å². The first-order chi connectivity index (χ1) is 15.1. The summed E-state index contributed by atoms with van der Waals surface area (Å²) < 4.78 is 5.94. The van der Waals surface area contributed by atoms with Crippen LogP contribution in [-0.4, -0.2) is 93.1 Å². The van der Waals surface area contributed by atoms with Gasteiger partial charge in [0.15, 0.2) is 5.96 Å². The highest BCUT2D eigenvalue weighted by molar-refractivity contribution is 5.81. The SMILES string of the molecule is CN=C(NCCCN1CCCC1C(=O)N(C)C)N1CCC(COCc2ccccc2)C1. The molecule has 0 radical (unpaired) electrons. The third-order valence-corrected chi connectivity index (χ3v) is 6.26. The predicted octanol–water partition coefficient (Wildman–Crippen LogP) is 2.04. The molecule has 0 aromatic heterocycles. The number of rotatable bonds is 9. The quantitative estimate of drug-likeness (QED) is 0.370. The molecule has 2 aliphatic rings. The molecule has 7 heteroatoms. The smallest absolute Gasteiger partial charge is 0.239 e. The van der Waals surface area contributed by atoms with Gasteiger partial charge in [0.05, 0.1) is 19.3 Å². The van der Waals surface area contributed by atoms with Gasteiger partial charge in [-0.15, -0.1) is 0 Å². The fourth-order valence-corrected chi connectivity index (χ4v) is 4.56. The van der Waals surface area contributed by atoms with E-state index in [4.69, 9.17) is 4.74 Å². The molecule has 1 aromatic carbocycles. The van der Waals surface area contributed by atoms with E-state index in [1.54, 1.807) is 4.90 Å². The Balaban J connectivity index is 1.33. The van der Waals surface area contributed by atoms with Gasteiger partial charge in [-0.1, -0.05) is 30.3 Å². The number of nitrogens with zero attached hydrogens (tertiary/aromatic N) is 4. The number of aliphatic imine (C=N–C) groups is 1. The maximum atomic E-state index is 12.3. The largest absolute Gasteiger partial charge is 0.376 e. The van der Waals surface area contributed by atoms with E-state index in [2.05, 4.69) is 44.4 Å². The second-order valence-electron chi connectivity index (χ2n) is 8.86. The number of guanidine groups is 1. The molecule has 1 amide bonds. The van der Waals surface area contributed by atoms with Gasteiger partial charge in [0.25, 0.3) is 0 Å². The molecule has 2 aliphatic heterocycles. The number of ether oxygens (including phenoxy) is 1. The van der Waals surface area contributed by atoms with Crippen LogP contribution < -0.4 is 5.32 Å². The molecular weight excluding hydrogens is 390 g/mol. The summed E-state index contributed by atoms with van der Waals surface area (Å²) >= 11 is 0. The van der Waals surface area contributed by atoms with E-state index in [-0.39, 0.29) is 11.9 Å². The number of carbonyl (C=O) groups excluding carboxylic acids is 1. The second-order valence-corrected chi connectivity index (χ2v) is 8.86. The van der Waals surface area contributed by atoms with E-state index in [0.29, 0.717) is 12.5 Å². The first-order valence-electron chi connectivity index (χ1n) is 11.6. The molecular formula is C24H39N5O2. The van der Waals surface area contributed by atoms with Crippen molar-refractivity contribution in [3.8, 4) is 0 Å². The minimum absolute atomic E-state index is 0.0598. The zero-order valence-corrected chi connectivity index (χ0v) is 19.4. The van der Waals surface area contributed by atoms with Gasteiger partial charge in [0.1, 0.15) is 0 Å². The Kier molecular flexibility index (Phi) is 9.15. The summed E-state index contributed by atoms with van der Waals surface area (Å²) in [5.74, 6) is 1.76. The molecule has 2 heterocycles. The van der Waals surface area contributed by atoms with Crippen molar-refractivity contribution < 1.29 is 9.53 Å². The fourth-order valence-electron chi connectivity index (χ4n) is 4.56. The summed E-state index contributed by atoms with van der Waals surface area (Å²) in [6.45, 7) is 6.32. The number of hydrogen-bond donors (Lipinski definition) is 1. The van der Waals surface area contributed by atoms with Crippen LogP contribution in [-0.2, 0) is 16.1 Å². The zero-order chi connectivity index (χ0) is 22.1. The number of amides is 1. The highest BCUT2D eigenvalue weighted by Crippen LogP contribution is 2.19. The Morgan fingerprint density at radius 2 is 2.03 bits per heavy atom. The van der Waals surface area contributed by atoms with Gasteiger partial charge < -0.3 is 19.9 Å². The van der Waals surface area contributed by atoms with Crippen molar-refractivity contribution in [2.75, 3.05) is 60.5 Å². The van der Waals surface area contributed by atoms with E-state index in [0.717, 1.165) is 71.0 Å². The first-order valence-corrected chi connectivity index (χ1v) is 11.6. The van der Waals surface area contributed by atoms with Gasteiger partial charge in [-0.2, -0.15) is 0 Å². The maximum Gasteiger partial charge on any atom is 0.239 e. The average Bonchev–Trinajstić information content (AvgIpc) is 3.44. The molecule has 2 unspecified atom stereocenters. The van der Waals surface area contributed by atoms with Crippen molar-refractivity contribution in [2.24, 2.45) is 10.9 Å². The lowest BCUT2D eigenvalue weighted by atomic mass is 10.1. The van der Waals surface area contributed by atoms with Crippen LogP contribution in [0.1, 0.15) is 31.2 Å². The molecule has 0 bridgehead atoms. The van der Waals surface area contributed by atoms with E-state index in [1.807, 2.05) is 27.2 Å². The van der Waals surface area contributed by atoms with E-state index >= 15 is 0 Å². The van der Waals surface area contributed by atoms with Gasteiger partial charge in [0.2, 0.25) is 5.91 Å². The minimum atomic E-state index is 0.0598. The normalized spacial score (nSPS) is 22.2. The summed E-state index contributed by atoms with van der Waals surface area (Å²) in [7, 11) is 5.55. The van der Waals surface area contributed by atoms with Crippen LogP contribution >= 0.6 is 0 Å². The van der Waals surface area contributed by atoms with Crippen LogP contribution in [0, 0.1) is 5.92 Å². The number of likely N-dealkylation sites (N-methyl/N-ethyl adjacent to an activating group) is 1. The van der Waals surface area contributed by atoms with Gasteiger partial charge in [-0.3, -0.25) is 14.7 Å². The second kappa shape index (κ2) is 12.1. The standard InChI is InChI=1S/C24H39N5O2/c1-25-24(26-13-8-15-28-14-7-11-22(28)23(30)27(2)3)29-16-12-21(17-29)19-31-18-20-9-5-4-6-10-20/h4-6,9-10,21-22H,7-8,11-19H2,1-3H3,(H,25,26). The van der Waals surface area contributed by atoms with Crippen LogP contribution in [0.3, 0.4) is 0 Å². The van der Waals surface area contributed by atoms with Crippen LogP contribution in [0.4, 0.5) is 0 Å². The topological polar surface area (TPSA) is 60.4 Å².